The van der Waals surface area contributed by atoms with E-state index in [-0.39, 0.29) is 5.82 Å². The molecule has 0 aromatic heterocycles. The minimum absolute atomic E-state index is 0.340. The number of nitrogens with one attached hydrogen (secondary N) is 1. The van der Waals surface area contributed by atoms with Gasteiger partial charge in [-0.3, -0.25) is 0 Å². The van der Waals surface area contributed by atoms with Crippen LogP contribution in [-0.2, 0) is 0 Å². The number of halogens is 1. The van der Waals surface area contributed by atoms with E-state index < -0.39 is 6.10 Å². The van der Waals surface area contributed by atoms with Crippen LogP contribution in [0.3, 0.4) is 0 Å². The molecular weight excluding hydrogens is 180 g/mol. The highest BCUT2D eigenvalue weighted by atomic mass is 18.2. The van der Waals surface area contributed by atoms with E-state index >= 15 is 0 Å². The fourth-order valence-electron chi connectivity index (χ4n) is 1.23. The van der Waals surface area contributed by atoms with Gasteiger partial charge in [0.1, 0.15) is 5.82 Å². The van der Waals surface area contributed by atoms with E-state index in [1.807, 2.05) is 0 Å². The summed E-state index contributed by atoms with van der Waals surface area (Å²) in [5.41, 5.74) is 1.10. The van der Waals surface area contributed by atoms with Crippen LogP contribution in [0, 0.1) is 11.2 Å². The maximum Gasteiger partial charge on any atom is 0.123 e. The van der Waals surface area contributed by atoms with Crippen molar-refractivity contribution in [3.63, 3.8) is 0 Å². The number of aliphatic hydroxyl groups excluding tert-OH is 1. The van der Waals surface area contributed by atoms with Crippen molar-refractivity contribution in [3.8, 4) is 0 Å². The second-order valence-electron chi connectivity index (χ2n) is 3.39. The molecule has 3 heteroatoms. The molecule has 0 bridgehead atoms. The zero-order chi connectivity index (χ0) is 10.6. The molecule has 0 heterocycles. The second-order valence-corrected chi connectivity index (χ2v) is 3.39. The van der Waals surface area contributed by atoms with Crippen molar-refractivity contribution in [1.82, 2.24) is 0 Å². The summed E-state index contributed by atoms with van der Waals surface area (Å²) in [7, 11) is 0. The molecule has 1 rings (SSSR count). The quantitative estimate of drug-likeness (QED) is 0.711. The summed E-state index contributed by atoms with van der Waals surface area (Å²) in [4.78, 5) is 0. The first-order valence-corrected chi connectivity index (χ1v) is 4.57. The predicted octanol–water partition coefficient (Wildman–Crippen LogP) is 2.68. The Morgan fingerprint density at radius 3 is 2.86 bits per heavy atom. The minimum Gasteiger partial charge on any atom is -0.388 e. The molecule has 0 aliphatic heterocycles. The Hall–Kier alpha value is -1.22. The Balaban J connectivity index is 2.60. The van der Waals surface area contributed by atoms with Gasteiger partial charge in [-0.1, -0.05) is 12.1 Å². The number of benzene rings is 1. The fraction of sp³-hybridized carbons (Fsp3) is 0.364. The first-order chi connectivity index (χ1) is 6.59. The van der Waals surface area contributed by atoms with E-state index in [9.17, 15) is 9.50 Å². The van der Waals surface area contributed by atoms with Crippen LogP contribution in [0.4, 0.5) is 4.39 Å². The van der Waals surface area contributed by atoms with Gasteiger partial charge >= 0.3 is 0 Å². The third kappa shape index (κ3) is 3.26. The van der Waals surface area contributed by atoms with E-state index in [0.29, 0.717) is 24.1 Å². The predicted molar refractivity (Wildman–Crippen MR) is 54.0 cm³/mol. The van der Waals surface area contributed by atoms with Crippen molar-refractivity contribution in [1.29, 1.82) is 5.41 Å². The number of aliphatic hydroxyl groups is 1. The molecule has 0 saturated heterocycles. The van der Waals surface area contributed by atoms with Crippen molar-refractivity contribution in [2.75, 3.05) is 0 Å². The van der Waals surface area contributed by atoms with Gasteiger partial charge in [-0.2, -0.15) is 0 Å². The molecule has 0 aliphatic rings. The average molecular weight is 194 g/mol. The summed E-state index contributed by atoms with van der Waals surface area (Å²) in [5.74, 6) is -0.340. The second kappa shape index (κ2) is 4.86. The van der Waals surface area contributed by atoms with Crippen molar-refractivity contribution in [2.45, 2.75) is 25.9 Å². The number of hydrogen-bond donors (Lipinski definition) is 2. The Labute approximate surface area is 82.9 Å². The highest BCUT2D eigenvalue weighted by Gasteiger charge is 2.07. The number of rotatable bonds is 4. The van der Waals surface area contributed by atoms with Gasteiger partial charge in [0.05, 0.1) is 6.10 Å². The minimum atomic E-state index is -0.675. The molecule has 0 unspecified atom stereocenters. The molecule has 0 aliphatic carbocycles. The highest BCUT2D eigenvalue weighted by Crippen LogP contribution is 2.18. The Bertz CT molecular complexity index is 325. The van der Waals surface area contributed by atoms with Crippen LogP contribution in [0.25, 0.3) is 0 Å². The maximum absolute atomic E-state index is 12.8. The molecule has 76 valence electrons. The van der Waals surface area contributed by atoms with Gasteiger partial charge in [-0.05, 0) is 37.5 Å². The Kier molecular flexibility index (Phi) is 3.77. The molecule has 0 amide bonds. The zero-order valence-corrected chi connectivity index (χ0v) is 8.13. The summed E-state index contributed by atoms with van der Waals surface area (Å²) >= 11 is 0. The van der Waals surface area contributed by atoms with Gasteiger partial charge in [-0.25, -0.2) is 4.39 Å². The van der Waals surface area contributed by atoms with Crippen molar-refractivity contribution in [2.24, 2.45) is 0 Å². The Morgan fingerprint density at radius 2 is 2.29 bits per heavy atom. The van der Waals surface area contributed by atoms with Crippen LogP contribution in [-0.4, -0.2) is 10.8 Å². The van der Waals surface area contributed by atoms with Crippen LogP contribution < -0.4 is 0 Å². The molecule has 1 atom stereocenters. The monoisotopic (exact) mass is 194 g/mol. The van der Waals surface area contributed by atoms with Gasteiger partial charge in [0.25, 0.3) is 0 Å². The van der Waals surface area contributed by atoms with E-state index in [1.54, 1.807) is 19.1 Å². The summed E-state index contributed by atoms with van der Waals surface area (Å²) in [6.07, 6.45) is 0.335. The lowest BCUT2D eigenvalue weighted by molar-refractivity contribution is 0.169. The van der Waals surface area contributed by atoms with Gasteiger partial charge in [0.2, 0.25) is 0 Å². The fourth-order valence-corrected chi connectivity index (χ4v) is 1.23. The standard InChI is InChI=1S/C11H14FNO/c1-8(13)5-6-11(14)9-3-2-4-10(12)7-9/h2-4,7,11,13-14H,5-6H2,1H3/t11-/m0/s1/i12-1. The molecule has 0 radical (unpaired) electrons. The largest absolute Gasteiger partial charge is 0.388 e. The molecule has 14 heavy (non-hydrogen) atoms. The summed E-state index contributed by atoms with van der Waals surface area (Å²) in [6, 6.07) is 5.93. The third-order valence-electron chi connectivity index (χ3n) is 2.03. The topological polar surface area (TPSA) is 44.1 Å². The Morgan fingerprint density at radius 1 is 1.57 bits per heavy atom. The smallest absolute Gasteiger partial charge is 0.123 e. The molecule has 1 aromatic rings. The SMILES string of the molecule is CC(=N)CC[C@H](O)c1cccc([18F])c1. The van der Waals surface area contributed by atoms with E-state index in [0.717, 1.165) is 0 Å². The third-order valence-corrected chi connectivity index (χ3v) is 2.03. The first-order valence-electron chi connectivity index (χ1n) is 4.57. The van der Waals surface area contributed by atoms with Crippen LogP contribution in [0.15, 0.2) is 24.3 Å². The molecular formula is C11H14FNO. The van der Waals surface area contributed by atoms with Gasteiger partial charge in [-0.15, -0.1) is 0 Å². The lowest BCUT2D eigenvalue weighted by Gasteiger charge is -2.10. The zero-order valence-electron chi connectivity index (χ0n) is 8.13. The van der Waals surface area contributed by atoms with Crippen molar-refractivity contribution >= 4 is 5.71 Å². The lowest BCUT2D eigenvalue weighted by Crippen LogP contribution is -2.00. The molecule has 0 saturated carbocycles. The van der Waals surface area contributed by atoms with E-state index in [2.05, 4.69) is 0 Å². The van der Waals surface area contributed by atoms with Crippen LogP contribution in [0.2, 0.25) is 0 Å². The maximum atomic E-state index is 12.8. The van der Waals surface area contributed by atoms with Crippen LogP contribution >= 0.6 is 0 Å². The normalized spacial score (nSPS) is 12.5. The van der Waals surface area contributed by atoms with Gasteiger partial charge < -0.3 is 10.5 Å². The lowest BCUT2D eigenvalue weighted by atomic mass is 10.0. The van der Waals surface area contributed by atoms with Crippen molar-refractivity contribution in [3.05, 3.63) is 35.6 Å². The van der Waals surface area contributed by atoms with E-state index in [4.69, 9.17) is 5.41 Å². The first kappa shape index (κ1) is 10.9. The van der Waals surface area contributed by atoms with E-state index in [1.165, 1.54) is 12.1 Å². The summed E-state index contributed by atoms with van der Waals surface area (Å²) < 4.78 is 12.8. The average Bonchev–Trinajstić information content (AvgIpc) is 2.14. The molecule has 0 fully saturated rings. The van der Waals surface area contributed by atoms with Gasteiger partial charge in [0, 0.05) is 5.71 Å². The molecule has 2 nitrogen and oxygen atoms in total. The summed E-state index contributed by atoms with van der Waals surface area (Å²) in [6.45, 7) is 1.69. The van der Waals surface area contributed by atoms with Crippen molar-refractivity contribution < 1.29 is 9.50 Å². The molecule has 2 N–H and O–H groups in total. The van der Waals surface area contributed by atoms with Crippen LogP contribution in [0.1, 0.15) is 31.4 Å². The molecule has 0 spiro atoms. The highest BCUT2D eigenvalue weighted by molar-refractivity contribution is 5.78. The molecule has 1 aromatic carbocycles. The summed E-state index contributed by atoms with van der Waals surface area (Å²) in [5, 5.41) is 16.8. The van der Waals surface area contributed by atoms with Crippen LogP contribution in [0.5, 0.6) is 0 Å². The number of hydrogen-bond acceptors (Lipinski definition) is 2. The van der Waals surface area contributed by atoms with Gasteiger partial charge in [0.15, 0.2) is 0 Å².